The Morgan fingerprint density at radius 2 is 2.05 bits per heavy atom. The predicted octanol–water partition coefficient (Wildman–Crippen LogP) is 3.02. The molecule has 0 aliphatic carbocycles. The minimum Gasteiger partial charge on any atom is -0.396 e. The highest BCUT2D eigenvalue weighted by molar-refractivity contribution is 9.10. The van der Waals surface area contributed by atoms with Crippen molar-refractivity contribution in [1.82, 2.24) is 4.98 Å². The van der Waals surface area contributed by atoms with Crippen molar-refractivity contribution in [2.24, 2.45) is 0 Å². The number of sulfonamides is 1. The summed E-state index contributed by atoms with van der Waals surface area (Å²) in [5.41, 5.74) is 5.32. The molecule has 3 N–H and O–H groups in total. The Hall–Kier alpha value is -1.38. The second-order valence-corrected chi connectivity index (χ2v) is 6.68. The van der Waals surface area contributed by atoms with E-state index in [-0.39, 0.29) is 21.4 Å². The number of nitrogens with one attached hydrogen (secondary N) is 1. The van der Waals surface area contributed by atoms with E-state index in [9.17, 15) is 12.8 Å². The molecule has 2 rings (SSSR count). The van der Waals surface area contributed by atoms with Gasteiger partial charge in [-0.3, -0.25) is 4.72 Å². The number of anilines is 2. The number of hydrogen-bond donors (Lipinski definition) is 2. The molecule has 2 aromatic rings. The fraction of sp³-hybridized carbons (Fsp3) is 0. The van der Waals surface area contributed by atoms with Crippen LogP contribution < -0.4 is 10.5 Å². The molecule has 5 nitrogen and oxygen atoms in total. The first-order valence-electron chi connectivity index (χ1n) is 5.18. The molecule has 0 fully saturated rings. The van der Waals surface area contributed by atoms with Crippen LogP contribution in [0.5, 0.6) is 0 Å². The summed E-state index contributed by atoms with van der Waals surface area (Å²) in [5, 5.41) is 0.207. The van der Waals surface area contributed by atoms with Crippen molar-refractivity contribution < 1.29 is 12.8 Å². The third-order valence-electron chi connectivity index (χ3n) is 2.33. The molecular formula is C11H8BrClFN3O2S. The van der Waals surface area contributed by atoms with E-state index in [0.717, 1.165) is 18.2 Å². The fourth-order valence-electron chi connectivity index (χ4n) is 1.38. The van der Waals surface area contributed by atoms with Gasteiger partial charge in [0.25, 0.3) is 10.0 Å². The van der Waals surface area contributed by atoms with Gasteiger partial charge < -0.3 is 5.73 Å². The fourth-order valence-corrected chi connectivity index (χ4v) is 2.90. The number of rotatable bonds is 3. The van der Waals surface area contributed by atoms with Gasteiger partial charge in [-0.15, -0.1) is 0 Å². The molecule has 1 heterocycles. The van der Waals surface area contributed by atoms with Crippen molar-refractivity contribution in [3.8, 4) is 0 Å². The standard InChI is InChI=1S/C11H8BrClFN3O2S/c12-8-3-6(5-16-11(8)13)17-20(18,19)7-1-2-9(14)10(15)4-7/h1-5,17H,15H2. The lowest BCUT2D eigenvalue weighted by atomic mass is 10.3. The molecule has 9 heteroatoms. The summed E-state index contributed by atoms with van der Waals surface area (Å²) in [4.78, 5) is 3.64. The van der Waals surface area contributed by atoms with Gasteiger partial charge in [-0.25, -0.2) is 17.8 Å². The van der Waals surface area contributed by atoms with E-state index in [1.54, 1.807) is 0 Å². The van der Waals surface area contributed by atoms with Crippen LogP contribution in [0, 0.1) is 5.82 Å². The number of halogens is 3. The smallest absolute Gasteiger partial charge is 0.262 e. The molecular weight excluding hydrogens is 373 g/mol. The van der Waals surface area contributed by atoms with Gasteiger partial charge in [0.2, 0.25) is 0 Å². The number of pyridine rings is 1. The summed E-state index contributed by atoms with van der Waals surface area (Å²) >= 11 is 8.85. The quantitative estimate of drug-likeness (QED) is 0.633. The highest BCUT2D eigenvalue weighted by Gasteiger charge is 2.16. The van der Waals surface area contributed by atoms with Crippen molar-refractivity contribution in [3.05, 3.63) is 45.9 Å². The number of hydrogen-bond acceptors (Lipinski definition) is 4. The van der Waals surface area contributed by atoms with Crippen LogP contribution in [0.4, 0.5) is 15.8 Å². The predicted molar refractivity (Wildman–Crippen MR) is 78.6 cm³/mol. The highest BCUT2D eigenvalue weighted by atomic mass is 79.9. The van der Waals surface area contributed by atoms with E-state index in [4.69, 9.17) is 17.3 Å². The molecule has 106 valence electrons. The molecule has 1 aromatic heterocycles. The van der Waals surface area contributed by atoms with Gasteiger partial charge >= 0.3 is 0 Å². The van der Waals surface area contributed by atoms with Crippen molar-refractivity contribution in [3.63, 3.8) is 0 Å². The summed E-state index contributed by atoms with van der Waals surface area (Å²) < 4.78 is 40.0. The third-order valence-corrected chi connectivity index (χ3v) is 4.84. The number of aromatic nitrogens is 1. The zero-order valence-corrected chi connectivity index (χ0v) is 12.9. The van der Waals surface area contributed by atoms with Crippen LogP contribution in [0.1, 0.15) is 0 Å². The summed E-state index contributed by atoms with van der Waals surface area (Å²) in [6.45, 7) is 0. The van der Waals surface area contributed by atoms with Gasteiger partial charge in [0.15, 0.2) is 0 Å². The summed E-state index contributed by atoms with van der Waals surface area (Å²) in [7, 11) is -3.88. The normalized spacial score (nSPS) is 11.3. The first kappa shape index (κ1) is 15.0. The van der Waals surface area contributed by atoms with E-state index in [0.29, 0.717) is 4.47 Å². The minimum atomic E-state index is -3.88. The zero-order chi connectivity index (χ0) is 14.9. The Kier molecular flexibility index (Phi) is 4.17. The molecule has 0 bridgehead atoms. The van der Waals surface area contributed by atoms with Crippen LogP contribution in [0.15, 0.2) is 39.8 Å². The lowest BCUT2D eigenvalue weighted by Gasteiger charge is -2.09. The summed E-state index contributed by atoms with van der Waals surface area (Å²) in [5.74, 6) is -0.681. The monoisotopic (exact) mass is 379 g/mol. The maximum atomic E-state index is 13.0. The molecule has 0 saturated heterocycles. The van der Waals surface area contributed by atoms with E-state index in [2.05, 4.69) is 25.6 Å². The van der Waals surface area contributed by atoms with Crippen molar-refractivity contribution >= 4 is 48.9 Å². The number of nitrogen functional groups attached to an aromatic ring is 1. The molecule has 0 spiro atoms. The molecule has 1 aromatic carbocycles. The summed E-state index contributed by atoms with van der Waals surface area (Å²) in [6, 6.07) is 4.60. The molecule has 0 amide bonds. The lowest BCUT2D eigenvalue weighted by Crippen LogP contribution is -2.13. The van der Waals surface area contributed by atoms with Crippen LogP contribution in [-0.4, -0.2) is 13.4 Å². The van der Waals surface area contributed by atoms with Crippen LogP contribution in [-0.2, 0) is 10.0 Å². The molecule has 20 heavy (non-hydrogen) atoms. The van der Waals surface area contributed by atoms with Gasteiger partial charge in [-0.1, -0.05) is 11.6 Å². The van der Waals surface area contributed by atoms with E-state index < -0.39 is 15.8 Å². The van der Waals surface area contributed by atoms with Gasteiger partial charge in [-0.2, -0.15) is 0 Å². The highest BCUT2D eigenvalue weighted by Crippen LogP contribution is 2.25. The first-order chi connectivity index (χ1) is 9.29. The second-order valence-electron chi connectivity index (χ2n) is 3.79. The molecule has 0 atom stereocenters. The number of benzene rings is 1. The maximum absolute atomic E-state index is 13.0. The molecule has 0 aliphatic rings. The lowest BCUT2D eigenvalue weighted by molar-refractivity contribution is 0.600. The average Bonchev–Trinajstić information content (AvgIpc) is 2.37. The van der Waals surface area contributed by atoms with Crippen molar-refractivity contribution in [1.29, 1.82) is 0 Å². The number of nitrogens with two attached hydrogens (primary N) is 1. The van der Waals surface area contributed by atoms with Gasteiger partial charge in [-0.05, 0) is 40.2 Å². The number of nitrogens with zero attached hydrogens (tertiary/aromatic N) is 1. The first-order valence-corrected chi connectivity index (χ1v) is 7.84. The van der Waals surface area contributed by atoms with Crippen molar-refractivity contribution in [2.45, 2.75) is 4.90 Å². The van der Waals surface area contributed by atoms with Gasteiger partial charge in [0, 0.05) is 0 Å². The Morgan fingerprint density at radius 1 is 1.35 bits per heavy atom. The minimum absolute atomic E-state index is 0.150. The third kappa shape index (κ3) is 3.20. The Bertz CT molecular complexity index is 770. The second kappa shape index (κ2) is 5.55. The van der Waals surface area contributed by atoms with Crippen molar-refractivity contribution in [2.75, 3.05) is 10.5 Å². The topological polar surface area (TPSA) is 85.1 Å². The SMILES string of the molecule is Nc1cc(S(=O)(=O)Nc2cnc(Cl)c(Br)c2)ccc1F. The Balaban J connectivity index is 2.35. The van der Waals surface area contributed by atoms with E-state index in [1.165, 1.54) is 12.3 Å². The van der Waals surface area contributed by atoms with E-state index >= 15 is 0 Å². The summed E-state index contributed by atoms with van der Waals surface area (Å²) in [6.07, 6.45) is 1.26. The molecule has 0 aliphatic heterocycles. The molecule has 0 unspecified atom stereocenters. The van der Waals surface area contributed by atoms with Gasteiger partial charge in [0.05, 0.1) is 26.9 Å². The van der Waals surface area contributed by atoms with Crippen LogP contribution in [0.2, 0.25) is 5.15 Å². The van der Waals surface area contributed by atoms with Crippen LogP contribution in [0.25, 0.3) is 0 Å². The average molecular weight is 381 g/mol. The van der Waals surface area contributed by atoms with Gasteiger partial charge in [0.1, 0.15) is 11.0 Å². The van der Waals surface area contributed by atoms with Crippen LogP contribution in [0.3, 0.4) is 0 Å². The molecule has 0 saturated carbocycles. The van der Waals surface area contributed by atoms with E-state index in [1.807, 2.05) is 0 Å². The largest absolute Gasteiger partial charge is 0.396 e. The Morgan fingerprint density at radius 3 is 2.65 bits per heavy atom. The zero-order valence-electron chi connectivity index (χ0n) is 9.77. The Labute approximate surface area is 128 Å². The maximum Gasteiger partial charge on any atom is 0.262 e. The molecule has 0 radical (unpaired) electrons. The van der Waals surface area contributed by atoms with Crippen LogP contribution >= 0.6 is 27.5 Å².